The summed E-state index contributed by atoms with van der Waals surface area (Å²) in [6.45, 7) is 2.33. The quantitative estimate of drug-likeness (QED) is 0.581. The molecule has 2 N–H and O–H groups in total. The Labute approximate surface area is 120 Å². The van der Waals surface area contributed by atoms with Gasteiger partial charge in [0.2, 0.25) is 0 Å². The molecule has 20 heavy (non-hydrogen) atoms. The molecule has 0 saturated carbocycles. The highest BCUT2D eigenvalue weighted by Crippen LogP contribution is 2.09. The van der Waals surface area contributed by atoms with Gasteiger partial charge in [-0.15, -0.1) is 0 Å². The lowest BCUT2D eigenvalue weighted by Crippen LogP contribution is -2.34. The first-order valence-corrected chi connectivity index (χ1v) is 7.83. The number of hydrogen-bond donors (Lipinski definition) is 2. The molecule has 0 unspecified atom stereocenters. The lowest BCUT2D eigenvalue weighted by Gasteiger charge is -2.17. The summed E-state index contributed by atoms with van der Waals surface area (Å²) in [4.78, 5) is 0. The van der Waals surface area contributed by atoms with E-state index in [9.17, 15) is 8.42 Å². The average molecular weight is 305 g/mol. The highest BCUT2D eigenvalue weighted by atomic mass is 32.2. The number of methoxy groups -OCH3 is 1. The van der Waals surface area contributed by atoms with E-state index in [0.717, 1.165) is 13.0 Å². The zero-order valence-electron chi connectivity index (χ0n) is 12.2. The fraction of sp³-hybridized carbons (Fsp3) is 0.727. The van der Waals surface area contributed by atoms with Crippen LogP contribution < -0.4 is 10.0 Å². The van der Waals surface area contributed by atoms with Gasteiger partial charge in [-0.25, -0.2) is 0 Å². The molecule has 9 heteroatoms. The number of hydrogen-bond acceptors (Lipinski definition) is 5. The highest BCUT2D eigenvalue weighted by Gasteiger charge is 2.17. The maximum Gasteiger partial charge on any atom is 0.301 e. The molecule has 116 valence electrons. The van der Waals surface area contributed by atoms with Gasteiger partial charge in [0.1, 0.15) is 0 Å². The van der Waals surface area contributed by atoms with Crippen molar-refractivity contribution in [1.29, 1.82) is 0 Å². The summed E-state index contributed by atoms with van der Waals surface area (Å²) in [5, 5.41) is 7.03. The van der Waals surface area contributed by atoms with Crippen LogP contribution in [-0.2, 0) is 21.5 Å². The minimum atomic E-state index is -3.53. The maximum atomic E-state index is 12.1. The van der Waals surface area contributed by atoms with Crippen molar-refractivity contribution in [3.05, 3.63) is 12.4 Å². The van der Waals surface area contributed by atoms with Crippen molar-refractivity contribution in [2.75, 3.05) is 45.6 Å². The van der Waals surface area contributed by atoms with E-state index in [1.165, 1.54) is 10.5 Å². The molecule has 0 atom stereocenters. The van der Waals surface area contributed by atoms with Crippen molar-refractivity contribution >= 4 is 15.9 Å². The van der Waals surface area contributed by atoms with Crippen LogP contribution in [0.15, 0.2) is 12.4 Å². The first kappa shape index (κ1) is 16.9. The molecule has 8 nitrogen and oxygen atoms in total. The second-order valence-corrected chi connectivity index (χ2v) is 6.15. The normalized spacial score (nSPS) is 12.0. The molecule has 1 aromatic heterocycles. The molecule has 0 bridgehead atoms. The van der Waals surface area contributed by atoms with Gasteiger partial charge in [0.15, 0.2) is 0 Å². The summed E-state index contributed by atoms with van der Waals surface area (Å²) in [6, 6.07) is 0. The Morgan fingerprint density at radius 2 is 2.25 bits per heavy atom. The molecule has 0 aliphatic heterocycles. The van der Waals surface area contributed by atoms with Crippen molar-refractivity contribution in [3.8, 4) is 0 Å². The van der Waals surface area contributed by atoms with Gasteiger partial charge in [-0.2, -0.15) is 17.8 Å². The molecule has 0 amide bonds. The van der Waals surface area contributed by atoms with Gasteiger partial charge in [0.05, 0.1) is 25.0 Å². The molecule has 0 saturated heterocycles. The van der Waals surface area contributed by atoms with Crippen molar-refractivity contribution in [2.45, 2.75) is 13.0 Å². The number of aromatic nitrogens is 2. The lowest BCUT2D eigenvalue weighted by atomic mass is 10.4. The van der Waals surface area contributed by atoms with Gasteiger partial charge < -0.3 is 10.1 Å². The highest BCUT2D eigenvalue weighted by molar-refractivity contribution is 7.90. The summed E-state index contributed by atoms with van der Waals surface area (Å²) in [6.07, 6.45) is 3.87. The first-order chi connectivity index (χ1) is 9.49. The second-order valence-electron chi connectivity index (χ2n) is 4.37. The topological polar surface area (TPSA) is 88.5 Å². The second kappa shape index (κ2) is 8.20. The van der Waals surface area contributed by atoms with Crippen molar-refractivity contribution in [2.24, 2.45) is 0 Å². The van der Waals surface area contributed by atoms with Crippen molar-refractivity contribution in [1.82, 2.24) is 19.4 Å². The van der Waals surface area contributed by atoms with Gasteiger partial charge in [-0.05, 0) is 20.0 Å². The SMILES string of the molecule is CNCCCN(C)S(=O)(=O)Nc1cnn(CCOC)c1. The van der Waals surface area contributed by atoms with Crippen LogP contribution in [0, 0.1) is 0 Å². The fourth-order valence-electron chi connectivity index (χ4n) is 1.55. The molecule has 0 fully saturated rings. The number of nitrogens with one attached hydrogen (secondary N) is 2. The van der Waals surface area contributed by atoms with Gasteiger partial charge in [-0.1, -0.05) is 0 Å². The summed E-state index contributed by atoms with van der Waals surface area (Å²) >= 11 is 0. The minimum Gasteiger partial charge on any atom is -0.383 e. The van der Waals surface area contributed by atoms with E-state index < -0.39 is 10.2 Å². The van der Waals surface area contributed by atoms with Crippen LogP contribution in [0.25, 0.3) is 0 Å². The summed E-state index contributed by atoms with van der Waals surface area (Å²) in [7, 11) is 1.46. The molecule has 1 heterocycles. The molecule has 0 radical (unpaired) electrons. The summed E-state index contributed by atoms with van der Waals surface area (Å²) < 4.78 is 34.4. The average Bonchev–Trinajstić information content (AvgIpc) is 2.83. The molecule has 0 spiro atoms. The standard InChI is InChI=1S/C11H23N5O3S/c1-12-5-4-6-15(2)20(17,18)14-11-9-13-16(10-11)7-8-19-3/h9-10,12,14H,4-8H2,1-3H3. The molecule has 1 aromatic rings. The Hall–Kier alpha value is -1.16. The Kier molecular flexibility index (Phi) is 6.93. The lowest BCUT2D eigenvalue weighted by molar-refractivity contribution is 0.183. The molecule has 0 aromatic carbocycles. The molecular formula is C11H23N5O3S. The molecule has 0 aliphatic rings. The third kappa shape index (κ3) is 5.45. The zero-order chi connectivity index (χ0) is 15.0. The maximum absolute atomic E-state index is 12.1. The van der Waals surface area contributed by atoms with E-state index in [-0.39, 0.29) is 0 Å². The van der Waals surface area contributed by atoms with E-state index in [1.54, 1.807) is 25.0 Å². The predicted octanol–water partition coefficient (Wildman–Crippen LogP) is -0.272. The molecular weight excluding hydrogens is 282 g/mol. The van der Waals surface area contributed by atoms with Crippen LogP contribution in [0.1, 0.15) is 6.42 Å². The third-order valence-electron chi connectivity index (χ3n) is 2.71. The van der Waals surface area contributed by atoms with Crippen molar-refractivity contribution in [3.63, 3.8) is 0 Å². The monoisotopic (exact) mass is 305 g/mol. The summed E-state index contributed by atoms with van der Waals surface area (Å²) in [5.41, 5.74) is 0.446. The smallest absolute Gasteiger partial charge is 0.301 e. The number of ether oxygens (including phenoxy) is 1. The molecule has 1 rings (SSSR count). The third-order valence-corrected chi connectivity index (χ3v) is 4.21. The van der Waals surface area contributed by atoms with Gasteiger partial charge >= 0.3 is 10.2 Å². The van der Waals surface area contributed by atoms with Crippen LogP contribution >= 0.6 is 0 Å². The molecule has 0 aliphatic carbocycles. The van der Waals surface area contributed by atoms with E-state index in [0.29, 0.717) is 25.4 Å². The van der Waals surface area contributed by atoms with Crippen LogP contribution in [-0.4, -0.2) is 63.4 Å². The van der Waals surface area contributed by atoms with Crippen LogP contribution in [0.3, 0.4) is 0 Å². The minimum absolute atomic E-state index is 0.446. The first-order valence-electron chi connectivity index (χ1n) is 6.39. The number of anilines is 1. The summed E-state index contributed by atoms with van der Waals surface area (Å²) in [5.74, 6) is 0. The van der Waals surface area contributed by atoms with E-state index >= 15 is 0 Å². The Morgan fingerprint density at radius 3 is 2.90 bits per heavy atom. The van der Waals surface area contributed by atoms with Gasteiger partial charge in [0, 0.05) is 26.9 Å². The Bertz CT molecular complexity index is 488. The van der Waals surface area contributed by atoms with Crippen LogP contribution in [0.2, 0.25) is 0 Å². The largest absolute Gasteiger partial charge is 0.383 e. The Morgan fingerprint density at radius 1 is 1.50 bits per heavy atom. The van der Waals surface area contributed by atoms with E-state index in [1.807, 2.05) is 7.05 Å². The fourth-order valence-corrected chi connectivity index (χ4v) is 2.48. The predicted molar refractivity (Wildman–Crippen MR) is 77.8 cm³/mol. The number of nitrogens with zero attached hydrogens (tertiary/aromatic N) is 3. The van der Waals surface area contributed by atoms with Gasteiger partial charge in [-0.3, -0.25) is 9.40 Å². The van der Waals surface area contributed by atoms with E-state index in [2.05, 4.69) is 15.1 Å². The van der Waals surface area contributed by atoms with Crippen LogP contribution in [0.4, 0.5) is 5.69 Å². The van der Waals surface area contributed by atoms with Gasteiger partial charge in [0.25, 0.3) is 0 Å². The number of rotatable bonds is 10. The zero-order valence-corrected chi connectivity index (χ0v) is 13.0. The van der Waals surface area contributed by atoms with E-state index in [4.69, 9.17) is 4.74 Å². The Balaban J connectivity index is 2.54. The van der Waals surface area contributed by atoms with Crippen molar-refractivity contribution < 1.29 is 13.2 Å². The van der Waals surface area contributed by atoms with Crippen LogP contribution in [0.5, 0.6) is 0 Å².